The van der Waals surface area contributed by atoms with Crippen LogP contribution in [0, 0.1) is 11.3 Å². The third-order valence-corrected chi connectivity index (χ3v) is 5.26. The maximum Gasteiger partial charge on any atom is 0.270 e. The van der Waals surface area contributed by atoms with Crippen molar-refractivity contribution in [2.45, 2.75) is 0 Å². The van der Waals surface area contributed by atoms with Crippen LogP contribution < -0.4 is 5.56 Å². The van der Waals surface area contributed by atoms with E-state index in [1.165, 1.54) is 11.3 Å². The van der Waals surface area contributed by atoms with Crippen LogP contribution in [0.5, 0.6) is 11.5 Å². The third-order valence-electron chi connectivity index (χ3n) is 3.16. The molecule has 0 aliphatic carbocycles. The van der Waals surface area contributed by atoms with E-state index in [9.17, 15) is 15.0 Å². The molecule has 3 N–H and O–H groups in total. The molecule has 0 radical (unpaired) electrons. The van der Waals surface area contributed by atoms with Gasteiger partial charge in [-0.25, -0.2) is 0 Å². The summed E-state index contributed by atoms with van der Waals surface area (Å²) in [4.78, 5) is 14.8. The lowest BCUT2D eigenvalue weighted by molar-refractivity contribution is 0.468. The summed E-state index contributed by atoms with van der Waals surface area (Å²) in [6.45, 7) is 0. The Morgan fingerprint density at radius 2 is 1.82 bits per heavy atom. The third kappa shape index (κ3) is 2.22. The second kappa shape index (κ2) is 5.43. The number of nitrogens with one attached hydrogen (secondary N) is 1. The molecule has 0 aliphatic heterocycles. The van der Waals surface area contributed by atoms with E-state index in [0.29, 0.717) is 30.3 Å². The highest BCUT2D eigenvalue weighted by Crippen LogP contribution is 2.42. The zero-order valence-corrected chi connectivity index (χ0v) is 14.6. The highest BCUT2D eigenvalue weighted by molar-refractivity contribution is 9.11. The fraction of sp³-hybridized carbons (Fsp3) is 0. The molecule has 0 aliphatic rings. The van der Waals surface area contributed by atoms with Gasteiger partial charge in [-0.05, 0) is 49.6 Å². The number of nitrogens with zero attached hydrogens (tertiary/aromatic N) is 1. The number of thiophene rings is 1. The van der Waals surface area contributed by atoms with Crippen LogP contribution in [-0.2, 0) is 0 Å². The molecular weight excluding hydrogens is 436 g/mol. The molecule has 2 heterocycles. The smallest absolute Gasteiger partial charge is 0.270 e. The van der Waals surface area contributed by atoms with Crippen molar-refractivity contribution in [3.8, 4) is 28.7 Å². The summed E-state index contributed by atoms with van der Waals surface area (Å²) in [5.74, 6) is -0.267. The molecule has 0 saturated carbocycles. The van der Waals surface area contributed by atoms with Crippen LogP contribution in [0.1, 0.15) is 5.56 Å². The number of H-pyrrole nitrogens is 1. The van der Waals surface area contributed by atoms with Gasteiger partial charge in [0.15, 0.2) is 5.56 Å². The Kier molecular flexibility index (Phi) is 3.72. The zero-order valence-electron chi connectivity index (χ0n) is 10.6. The minimum Gasteiger partial charge on any atom is -0.506 e. The van der Waals surface area contributed by atoms with Crippen molar-refractivity contribution in [3.05, 3.63) is 42.4 Å². The lowest BCUT2D eigenvalue weighted by Gasteiger charge is -2.06. The summed E-state index contributed by atoms with van der Waals surface area (Å²) >= 11 is 7.77. The molecule has 0 unspecified atom stereocenters. The van der Waals surface area contributed by atoms with Crippen LogP contribution in [0.2, 0.25) is 0 Å². The summed E-state index contributed by atoms with van der Waals surface area (Å²) < 4.78 is 0.973. The van der Waals surface area contributed by atoms with Gasteiger partial charge in [0.25, 0.3) is 5.56 Å². The molecule has 0 bridgehead atoms. The molecule has 0 spiro atoms. The van der Waals surface area contributed by atoms with E-state index in [1.54, 1.807) is 23.6 Å². The topological polar surface area (TPSA) is 97.1 Å². The first kappa shape index (κ1) is 15.1. The zero-order chi connectivity index (χ0) is 16.0. The number of aromatic nitrogens is 1. The molecule has 0 fully saturated rings. The van der Waals surface area contributed by atoms with E-state index >= 15 is 0 Å². The predicted molar refractivity (Wildman–Crippen MR) is 91.3 cm³/mol. The summed E-state index contributed by atoms with van der Waals surface area (Å²) in [6, 6.07) is 5.09. The van der Waals surface area contributed by atoms with Crippen molar-refractivity contribution in [1.82, 2.24) is 4.98 Å². The average Bonchev–Trinajstić information content (AvgIpc) is 2.88. The number of phenols is 1. The lowest BCUT2D eigenvalue weighted by atomic mass is 10.0. The normalized spacial score (nSPS) is 10.8. The van der Waals surface area contributed by atoms with Crippen molar-refractivity contribution >= 4 is 53.4 Å². The molecule has 2 aromatic heterocycles. The Morgan fingerprint density at radius 3 is 2.41 bits per heavy atom. The number of hydrogen-bond donors (Lipinski definition) is 3. The number of phenolic OH excluding ortho intramolecular Hbond substituents is 1. The van der Waals surface area contributed by atoms with E-state index in [4.69, 9.17) is 5.26 Å². The van der Waals surface area contributed by atoms with E-state index in [1.807, 2.05) is 0 Å². The van der Waals surface area contributed by atoms with Gasteiger partial charge < -0.3 is 15.2 Å². The largest absolute Gasteiger partial charge is 0.506 e. The number of rotatable bonds is 1. The Labute approximate surface area is 144 Å². The van der Waals surface area contributed by atoms with Crippen molar-refractivity contribution in [2.24, 2.45) is 0 Å². The van der Waals surface area contributed by atoms with Gasteiger partial charge in [0.05, 0.1) is 14.3 Å². The number of nitriles is 1. The molecule has 1 aromatic carbocycles. The Morgan fingerprint density at radius 1 is 1.18 bits per heavy atom. The minimum atomic E-state index is -0.617. The molecular formula is C14H6Br2N2O3S. The molecule has 5 nitrogen and oxygen atoms in total. The number of benzene rings is 1. The van der Waals surface area contributed by atoms with Gasteiger partial charge >= 0.3 is 0 Å². The van der Waals surface area contributed by atoms with Crippen LogP contribution >= 0.6 is 43.2 Å². The van der Waals surface area contributed by atoms with Gasteiger partial charge in [0.2, 0.25) is 0 Å². The van der Waals surface area contributed by atoms with E-state index in [0.717, 1.165) is 0 Å². The predicted octanol–water partition coefficient (Wildman–Crippen LogP) is 4.06. The molecule has 3 aromatic rings. The standard InChI is InChI=1S/C14H6Br2N2O3S/c15-8-1-5(2-9(16)12(8)20)7-4-22-14-10(7)11(19)6(3-17)13(21)18-14/h1-2,4,20H,(H2,18,19,21). The SMILES string of the molecule is N#Cc1c(O)c2c(-c3cc(Br)c(O)c(Br)c3)csc2[nH]c1=O. The van der Waals surface area contributed by atoms with Gasteiger partial charge in [-0.15, -0.1) is 11.3 Å². The van der Waals surface area contributed by atoms with Crippen LogP contribution in [-0.4, -0.2) is 15.2 Å². The molecule has 110 valence electrons. The maximum absolute atomic E-state index is 11.7. The van der Waals surface area contributed by atoms with E-state index in [-0.39, 0.29) is 17.1 Å². The molecule has 0 atom stereocenters. The Bertz CT molecular complexity index is 994. The summed E-state index contributed by atoms with van der Waals surface area (Å²) in [7, 11) is 0. The van der Waals surface area contributed by atoms with Crippen LogP contribution in [0.15, 0.2) is 31.3 Å². The number of aromatic hydroxyl groups is 2. The molecule has 0 saturated heterocycles. The quantitative estimate of drug-likeness (QED) is 0.530. The van der Waals surface area contributed by atoms with Crippen molar-refractivity contribution < 1.29 is 10.2 Å². The fourth-order valence-corrected chi connectivity index (χ4v) is 4.27. The monoisotopic (exact) mass is 440 g/mol. The first-order chi connectivity index (χ1) is 10.4. The van der Waals surface area contributed by atoms with Crippen molar-refractivity contribution in [3.63, 3.8) is 0 Å². The molecule has 0 amide bonds. The molecule has 22 heavy (non-hydrogen) atoms. The molecule has 3 rings (SSSR count). The number of halogens is 2. The van der Waals surface area contributed by atoms with Gasteiger partial charge in [-0.1, -0.05) is 0 Å². The molecule has 8 heteroatoms. The van der Waals surface area contributed by atoms with Crippen LogP contribution in [0.25, 0.3) is 21.3 Å². The van der Waals surface area contributed by atoms with Gasteiger partial charge in [-0.3, -0.25) is 4.79 Å². The van der Waals surface area contributed by atoms with E-state index < -0.39 is 5.56 Å². The highest BCUT2D eigenvalue weighted by Gasteiger charge is 2.18. The maximum atomic E-state index is 11.7. The van der Waals surface area contributed by atoms with Crippen LogP contribution in [0.3, 0.4) is 0 Å². The summed E-state index contributed by atoms with van der Waals surface area (Å²) in [5, 5.41) is 31.2. The first-order valence-electron chi connectivity index (χ1n) is 5.89. The summed E-state index contributed by atoms with van der Waals surface area (Å²) in [5.41, 5.74) is 0.443. The minimum absolute atomic E-state index is 0.0682. The highest BCUT2D eigenvalue weighted by atomic mass is 79.9. The van der Waals surface area contributed by atoms with E-state index in [2.05, 4.69) is 36.8 Å². The number of fused-ring (bicyclic) bond motifs is 1. The first-order valence-corrected chi connectivity index (χ1v) is 8.35. The number of pyridine rings is 1. The summed E-state index contributed by atoms with van der Waals surface area (Å²) in [6.07, 6.45) is 0. The van der Waals surface area contributed by atoms with Crippen molar-refractivity contribution in [2.75, 3.05) is 0 Å². The number of hydrogen-bond acceptors (Lipinski definition) is 5. The second-order valence-corrected chi connectivity index (χ2v) is 7.02. The fourth-order valence-electron chi connectivity index (χ4n) is 2.12. The second-order valence-electron chi connectivity index (χ2n) is 4.43. The average molecular weight is 442 g/mol. The van der Waals surface area contributed by atoms with Gasteiger partial charge in [-0.2, -0.15) is 5.26 Å². The number of aromatic amines is 1. The van der Waals surface area contributed by atoms with Crippen LogP contribution in [0.4, 0.5) is 0 Å². The van der Waals surface area contributed by atoms with Gasteiger partial charge in [0.1, 0.15) is 22.4 Å². The van der Waals surface area contributed by atoms with Gasteiger partial charge in [0, 0.05) is 10.9 Å². The Hall–Kier alpha value is -1.82. The lowest BCUT2D eigenvalue weighted by Crippen LogP contribution is -2.09. The Balaban J connectivity index is 2.39. The van der Waals surface area contributed by atoms with Crippen molar-refractivity contribution in [1.29, 1.82) is 5.26 Å².